The van der Waals surface area contributed by atoms with Gasteiger partial charge in [-0.05, 0) is 50.2 Å². The molecule has 0 heterocycles. The van der Waals surface area contributed by atoms with Gasteiger partial charge in [0.1, 0.15) is 0 Å². The molecule has 1 atom stereocenters. The SMILES string of the molecule is CC1=C(/C=C/C(C)=C/C=C/C(C)=C/C(=O)O)C(C)(C)CC(O)C1. The molecule has 0 radical (unpaired) electrons. The number of carboxylic acids is 1. The molecular formula is C20H28O3. The fourth-order valence-corrected chi connectivity index (χ4v) is 3.04. The lowest BCUT2D eigenvalue weighted by molar-refractivity contribution is -0.131. The Balaban J connectivity index is 2.84. The number of rotatable bonds is 5. The van der Waals surface area contributed by atoms with E-state index < -0.39 is 5.97 Å². The molecule has 126 valence electrons. The second-order valence-corrected chi connectivity index (χ2v) is 6.97. The molecule has 0 amide bonds. The van der Waals surface area contributed by atoms with E-state index in [-0.39, 0.29) is 11.5 Å². The van der Waals surface area contributed by atoms with Crippen molar-refractivity contribution >= 4 is 5.97 Å². The van der Waals surface area contributed by atoms with Gasteiger partial charge in [-0.3, -0.25) is 0 Å². The van der Waals surface area contributed by atoms with Gasteiger partial charge in [-0.2, -0.15) is 0 Å². The first-order valence-electron chi connectivity index (χ1n) is 7.94. The molecule has 2 N–H and O–H groups in total. The lowest BCUT2D eigenvalue weighted by Crippen LogP contribution is -2.28. The summed E-state index contributed by atoms with van der Waals surface area (Å²) < 4.78 is 0. The summed E-state index contributed by atoms with van der Waals surface area (Å²) in [7, 11) is 0. The van der Waals surface area contributed by atoms with Crippen LogP contribution >= 0.6 is 0 Å². The number of carbonyl (C=O) groups is 1. The van der Waals surface area contributed by atoms with Gasteiger partial charge in [0.05, 0.1) is 6.10 Å². The molecule has 0 aliphatic heterocycles. The molecule has 1 aliphatic carbocycles. The number of aliphatic hydroxyl groups excluding tert-OH is 1. The number of aliphatic carboxylic acids is 1. The maximum Gasteiger partial charge on any atom is 0.328 e. The van der Waals surface area contributed by atoms with Gasteiger partial charge in [0.25, 0.3) is 0 Å². The van der Waals surface area contributed by atoms with E-state index in [1.165, 1.54) is 17.2 Å². The van der Waals surface area contributed by atoms with Gasteiger partial charge >= 0.3 is 5.97 Å². The van der Waals surface area contributed by atoms with Crippen molar-refractivity contribution in [2.75, 3.05) is 0 Å². The number of hydrogen-bond acceptors (Lipinski definition) is 2. The molecule has 0 spiro atoms. The summed E-state index contributed by atoms with van der Waals surface area (Å²) in [5.74, 6) is -0.933. The number of aliphatic hydroxyl groups is 1. The van der Waals surface area contributed by atoms with Crippen LogP contribution in [0.1, 0.15) is 47.5 Å². The number of allylic oxidation sites excluding steroid dienone is 8. The van der Waals surface area contributed by atoms with Gasteiger partial charge in [-0.15, -0.1) is 0 Å². The zero-order valence-electron chi connectivity index (χ0n) is 14.8. The van der Waals surface area contributed by atoms with E-state index in [1.807, 2.05) is 19.1 Å². The predicted octanol–water partition coefficient (Wildman–Crippen LogP) is 4.57. The average molecular weight is 316 g/mol. The Morgan fingerprint density at radius 2 is 1.87 bits per heavy atom. The second kappa shape index (κ2) is 8.11. The maximum atomic E-state index is 10.5. The minimum Gasteiger partial charge on any atom is -0.478 e. The van der Waals surface area contributed by atoms with Crippen LogP contribution in [-0.4, -0.2) is 22.3 Å². The van der Waals surface area contributed by atoms with E-state index >= 15 is 0 Å². The smallest absolute Gasteiger partial charge is 0.328 e. The van der Waals surface area contributed by atoms with Crippen molar-refractivity contribution in [1.29, 1.82) is 0 Å². The van der Waals surface area contributed by atoms with Gasteiger partial charge in [0, 0.05) is 6.08 Å². The zero-order chi connectivity index (χ0) is 17.6. The fourth-order valence-electron chi connectivity index (χ4n) is 3.04. The average Bonchev–Trinajstić information content (AvgIpc) is 2.35. The van der Waals surface area contributed by atoms with Crippen molar-refractivity contribution in [3.05, 3.63) is 58.7 Å². The van der Waals surface area contributed by atoms with E-state index in [0.717, 1.165) is 18.4 Å². The van der Waals surface area contributed by atoms with Crippen molar-refractivity contribution in [2.24, 2.45) is 5.41 Å². The third-order valence-corrected chi connectivity index (χ3v) is 4.06. The van der Waals surface area contributed by atoms with E-state index in [0.29, 0.717) is 5.57 Å². The van der Waals surface area contributed by atoms with Crippen molar-refractivity contribution in [2.45, 2.75) is 53.6 Å². The fraction of sp³-hybridized carbons (Fsp3) is 0.450. The predicted molar refractivity (Wildman–Crippen MR) is 95.2 cm³/mol. The Labute approximate surface area is 139 Å². The van der Waals surface area contributed by atoms with Crippen LogP contribution in [0.2, 0.25) is 0 Å². The summed E-state index contributed by atoms with van der Waals surface area (Å²) in [6, 6.07) is 0. The zero-order valence-corrected chi connectivity index (χ0v) is 14.8. The largest absolute Gasteiger partial charge is 0.478 e. The summed E-state index contributed by atoms with van der Waals surface area (Å²) in [5.41, 5.74) is 4.31. The molecule has 0 bridgehead atoms. The topological polar surface area (TPSA) is 57.5 Å². The molecule has 23 heavy (non-hydrogen) atoms. The van der Waals surface area contributed by atoms with Crippen molar-refractivity contribution < 1.29 is 15.0 Å². The van der Waals surface area contributed by atoms with Gasteiger partial charge in [-0.25, -0.2) is 4.79 Å². The van der Waals surface area contributed by atoms with Gasteiger partial charge < -0.3 is 10.2 Å². The van der Waals surface area contributed by atoms with Crippen LogP contribution in [0.15, 0.2) is 58.7 Å². The Morgan fingerprint density at radius 1 is 1.22 bits per heavy atom. The summed E-state index contributed by atoms with van der Waals surface area (Å²) in [5, 5.41) is 18.6. The molecular weight excluding hydrogens is 288 g/mol. The van der Waals surface area contributed by atoms with Gasteiger partial charge in [-0.1, -0.05) is 55.4 Å². The summed E-state index contributed by atoms with van der Waals surface area (Å²) >= 11 is 0. The number of carboxylic acid groups (broad SMARTS) is 1. The molecule has 0 aromatic heterocycles. The highest BCUT2D eigenvalue weighted by molar-refractivity contribution is 5.81. The minimum atomic E-state index is -0.933. The summed E-state index contributed by atoms with van der Waals surface area (Å²) in [6.07, 6.45) is 12.2. The molecule has 3 heteroatoms. The summed E-state index contributed by atoms with van der Waals surface area (Å²) in [4.78, 5) is 10.5. The Hall–Kier alpha value is -1.87. The normalized spacial score (nSPS) is 23.1. The van der Waals surface area contributed by atoms with Crippen molar-refractivity contribution in [1.82, 2.24) is 0 Å². The molecule has 3 nitrogen and oxygen atoms in total. The third-order valence-electron chi connectivity index (χ3n) is 4.06. The van der Waals surface area contributed by atoms with E-state index in [9.17, 15) is 9.90 Å². The molecule has 1 aliphatic rings. The van der Waals surface area contributed by atoms with Crippen LogP contribution in [0, 0.1) is 5.41 Å². The van der Waals surface area contributed by atoms with Crippen LogP contribution < -0.4 is 0 Å². The molecule has 0 saturated carbocycles. The summed E-state index contributed by atoms with van der Waals surface area (Å²) in [6.45, 7) is 10.2. The standard InChI is InChI=1S/C20H28O3/c1-14(7-6-8-15(2)11-19(22)23)9-10-18-16(3)12-17(21)13-20(18,4)5/h6-11,17,21H,12-13H2,1-5H3,(H,22,23)/b8-6+,10-9+,14-7+,15-11+. The number of hydrogen-bond donors (Lipinski definition) is 2. The first-order chi connectivity index (χ1) is 10.6. The highest BCUT2D eigenvalue weighted by atomic mass is 16.4. The van der Waals surface area contributed by atoms with Gasteiger partial charge in [0.2, 0.25) is 0 Å². The van der Waals surface area contributed by atoms with Gasteiger partial charge in [0.15, 0.2) is 0 Å². The monoisotopic (exact) mass is 316 g/mol. The van der Waals surface area contributed by atoms with Crippen LogP contribution in [-0.2, 0) is 4.79 Å². The molecule has 0 aromatic rings. The highest BCUT2D eigenvalue weighted by Crippen LogP contribution is 2.40. The van der Waals surface area contributed by atoms with E-state index in [2.05, 4.69) is 32.9 Å². The molecule has 0 saturated heterocycles. The van der Waals surface area contributed by atoms with Crippen LogP contribution in [0.3, 0.4) is 0 Å². The maximum absolute atomic E-state index is 10.5. The van der Waals surface area contributed by atoms with E-state index in [4.69, 9.17) is 5.11 Å². The highest BCUT2D eigenvalue weighted by Gasteiger charge is 2.31. The quantitative estimate of drug-likeness (QED) is 0.577. The lowest BCUT2D eigenvalue weighted by atomic mass is 9.71. The Morgan fingerprint density at radius 3 is 2.43 bits per heavy atom. The van der Waals surface area contributed by atoms with Crippen LogP contribution in [0.5, 0.6) is 0 Å². The molecule has 0 fully saturated rings. The molecule has 1 unspecified atom stereocenters. The Bertz CT molecular complexity index is 598. The van der Waals surface area contributed by atoms with Crippen LogP contribution in [0.4, 0.5) is 0 Å². The van der Waals surface area contributed by atoms with E-state index in [1.54, 1.807) is 13.0 Å². The second-order valence-electron chi connectivity index (χ2n) is 6.97. The first kappa shape index (κ1) is 19.2. The van der Waals surface area contributed by atoms with Crippen molar-refractivity contribution in [3.63, 3.8) is 0 Å². The van der Waals surface area contributed by atoms with Crippen LogP contribution in [0.25, 0.3) is 0 Å². The third kappa shape index (κ3) is 6.41. The first-order valence-corrected chi connectivity index (χ1v) is 7.94. The Kier molecular flexibility index (Phi) is 6.77. The molecule has 1 rings (SSSR count). The lowest BCUT2D eigenvalue weighted by Gasteiger charge is -2.35. The molecule has 0 aromatic carbocycles. The minimum absolute atomic E-state index is 0.0187. The van der Waals surface area contributed by atoms with Crippen molar-refractivity contribution in [3.8, 4) is 0 Å².